The summed E-state index contributed by atoms with van der Waals surface area (Å²) in [5.41, 5.74) is 1.14. The van der Waals surface area contributed by atoms with E-state index in [-0.39, 0.29) is 23.8 Å². The lowest BCUT2D eigenvalue weighted by molar-refractivity contribution is -0.148. The first kappa shape index (κ1) is 15.5. The van der Waals surface area contributed by atoms with Crippen LogP contribution in [0.25, 0.3) is 0 Å². The Morgan fingerprint density at radius 3 is 2.55 bits per heavy atom. The molecule has 6 heteroatoms. The molecule has 4 unspecified atom stereocenters. The number of carboxylic acids is 1. The van der Waals surface area contributed by atoms with Crippen LogP contribution in [0.5, 0.6) is 0 Å². The van der Waals surface area contributed by atoms with E-state index in [0.29, 0.717) is 13.0 Å². The van der Waals surface area contributed by atoms with E-state index >= 15 is 0 Å². The molecule has 22 heavy (non-hydrogen) atoms. The Bertz CT molecular complexity index is 588. The Labute approximate surface area is 137 Å². The second kappa shape index (κ2) is 6.01. The summed E-state index contributed by atoms with van der Waals surface area (Å²) in [7, 11) is 1.55. The minimum atomic E-state index is -0.950. The average molecular weight is 368 g/mol. The van der Waals surface area contributed by atoms with Crippen LogP contribution in [0.2, 0.25) is 0 Å². The predicted octanol–water partition coefficient (Wildman–Crippen LogP) is 2.25. The third kappa shape index (κ3) is 2.90. The van der Waals surface area contributed by atoms with Gasteiger partial charge in [0.2, 0.25) is 5.91 Å². The maximum absolute atomic E-state index is 12.6. The first-order valence-electron chi connectivity index (χ1n) is 7.32. The molecule has 1 aromatic carbocycles. The topological polar surface area (TPSA) is 66.8 Å². The number of carbonyl (C=O) groups excluding carboxylic acids is 1. The number of hydrogen-bond donors (Lipinski definition) is 1. The molecule has 0 radical (unpaired) electrons. The van der Waals surface area contributed by atoms with E-state index in [1.807, 2.05) is 24.3 Å². The summed E-state index contributed by atoms with van der Waals surface area (Å²) in [5.74, 6) is -0.899. The van der Waals surface area contributed by atoms with Crippen molar-refractivity contribution < 1.29 is 19.4 Å². The highest BCUT2D eigenvalue weighted by Crippen LogP contribution is 2.49. The summed E-state index contributed by atoms with van der Waals surface area (Å²) in [5, 5.41) is 9.31. The summed E-state index contributed by atoms with van der Waals surface area (Å²) >= 11 is 3.40. The Morgan fingerprint density at radius 1 is 1.27 bits per heavy atom. The number of rotatable bonds is 4. The van der Waals surface area contributed by atoms with E-state index in [9.17, 15) is 14.7 Å². The van der Waals surface area contributed by atoms with Gasteiger partial charge in [-0.25, -0.2) is 4.79 Å². The molecule has 118 valence electrons. The van der Waals surface area contributed by atoms with Crippen molar-refractivity contribution in [3.63, 3.8) is 0 Å². The van der Waals surface area contributed by atoms with Crippen molar-refractivity contribution in [3.8, 4) is 0 Å². The van der Waals surface area contributed by atoms with Gasteiger partial charge in [-0.1, -0.05) is 28.1 Å². The van der Waals surface area contributed by atoms with Crippen LogP contribution in [0, 0.1) is 5.92 Å². The summed E-state index contributed by atoms with van der Waals surface area (Å²) < 4.78 is 6.24. The SMILES string of the molecule is COC1CC(C(=O)O)N(C(=O)C2CC2c2ccc(Br)cc2)C1. The van der Waals surface area contributed by atoms with Gasteiger partial charge in [0, 0.05) is 30.5 Å². The molecule has 4 atom stereocenters. The highest BCUT2D eigenvalue weighted by atomic mass is 79.9. The molecule has 2 aliphatic rings. The fourth-order valence-corrected chi connectivity index (χ4v) is 3.47. The lowest BCUT2D eigenvalue weighted by Crippen LogP contribution is -2.41. The van der Waals surface area contributed by atoms with E-state index in [1.165, 1.54) is 4.90 Å². The standard InChI is InChI=1S/C16H18BrNO4/c1-22-11-6-14(16(20)21)18(8-11)15(19)13-7-12(13)9-2-4-10(17)5-3-9/h2-5,11-14H,6-8H2,1H3,(H,20,21). The van der Waals surface area contributed by atoms with Gasteiger partial charge in [-0.05, 0) is 30.0 Å². The molecule has 1 aliphatic heterocycles. The van der Waals surface area contributed by atoms with E-state index in [2.05, 4.69) is 15.9 Å². The number of nitrogens with zero attached hydrogens (tertiary/aromatic N) is 1. The normalized spacial score (nSPS) is 30.4. The highest BCUT2D eigenvalue weighted by molar-refractivity contribution is 9.10. The van der Waals surface area contributed by atoms with Crippen molar-refractivity contribution in [2.24, 2.45) is 5.92 Å². The maximum atomic E-state index is 12.6. The molecule has 1 N–H and O–H groups in total. The lowest BCUT2D eigenvalue weighted by Gasteiger charge is -2.21. The zero-order chi connectivity index (χ0) is 15.9. The van der Waals surface area contributed by atoms with Crippen LogP contribution >= 0.6 is 15.9 Å². The number of amides is 1. The molecule has 3 rings (SSSR count). The fraction of sp³-hybridized carbons (Fsp3) is 0.500. The lowest BCUT2D eigenvalue weighted by atomic mass is 10.1. The number of likely N-dealkylation sites (tertiary alicyclic amines) is 1. The summed E-state index contributed by atoms with van der Waals surface area (Å²) in [6, 6.07) is 7.19. The molecule has 2 fully saturated rings. The second-order valence-corrected chi connectivity index (χ2v) is 6.85. The first-order chi connectivity index (χ1) is 10.5. The van der Waals surface area contributed by atoms with Crippen LogP contribution in [0.1, 0.15) is 24.3 Å². The molecule has 1 amide bonds. The smallest absolute Gasteiger partial charge is 0.326 e. The molecule has 1 saturated heterocycles. The van der Waals surface area contributed by atoms with Crippen molar-refractivity contribution in [3.05, 3.63) is 34.3 Å². The van der Waals surface area contributed by atoms with Gasteiger partial charge >= 0.3 is 5.97 Å². The van der Waals surface area contributed by atoms with E-state index < -0.39 is 12.0 Å². The number of carboxylic acid groups (broad SMARTS) is 1. The van der Waals surface area contributed by atoms with Gasteiger partial charge in [-0.15, -0.1) is 0 Å². The quantitative estimate of drug-likeness (QED) is 0.886. The van der Waals surface area contributed by atoms with Gasteiger partial charge in [0.25, 0.3) is 0 Å². The zero-order valence-corrected chi connectivity index (χ0v) is 13.8. The molecule has 0 bridgehead atoms. The van der Waals surface area contributed by atoms with Crippen molar-refractivity contribution in [2.75, 3.05) is 13.7 Å². The Hall–Kier alpha value is -1.40. The van der Waals surface area contributed by atoms with Crippen LogP contribution in [0.4, 0.5) is 0 Å². The molecular weight excluding hydrogens is 350 g/mol. The number of methoxy groups -OCH3 is 1. The van der Waals surface area contributed by atoms with Crippen molar-refractivity contribution >= 4 is 27.8 Å². The number of ether oxygens (including phenoxy) is 1. The summed E-state index contributed by atoms with van der Waals surface area (Å²) in [4.78, 5) is 25.5. The summed E-state index contributed by atoms with van der Waals surface area (Å²) in [6.45, 7) is 0.371. The van der Waals surface area contributed by atoms with Crippen LogP contribution in [-0.4, -0.2) is 47.7 Å². The first-order valence-corrected chi connectivity index (χ1v) is 8.12. The minimum absolute atomic E-state index is 0.0557. The number of benzene rings is 1. The molecule has 0 spiro atoms. The fourth-order valence-electron chi connectivity index (χ4n) is 3.21. The van der Waals surface area contributed by atoms with Crippen LogP contribution in [0.3, 0.4) is 0 Å². The molecule has 1 heterocycles. The number of halogens is 1. The van der Waals surface area contributed by atoms with E-state index in [4.69, 9.17) is 4.74 Å². The van der Waals surface area contributed by atoms with Crippen LogP contribution in [0.15, 0.2) is 28.7 Å². The van der Waals surface area contributed by atoms with Gasteiger partial charge in [0.1, 0.15) is 6.04 Å². The molecule has 1 saturated carbocycles. The molecule has 5 nitrogen and oxygen atoms in total. The maximum Gasteiger partial charge on any atom is 0.326 e. The third-order valence-electron chi connectivity index (χ3n) is 4.57. The Kier molecular flexibility index (Phi) is 4.23. The number of aliphatic carboxylic acids is 1. The van der Waals surface area contributed by atoms with Gasteiger partial charge in [0.15, 0.2) is 0 Å². The van der Waals surface area contributed by atoms with E-state index in [0.717, 1.165) is 16.5 Å². The Balaban J connectivity index is 1.69. The Morgan fingerprint density at radius 2 is 1.95 bits per heavy atom. The zero-order valence-electron chi connectivity index (χ0n) is 12.2. The minimum Gasteiger partial charge on any atom is -0.480 e. The highest BCUT2D eigenvalue weighted by Gasteiger charge is 2.50. The third-order valence-corrected chi connectivity index (χ3v) is 5.10. The van der Waals surface area contributed by atoms with Gasteiger partial charge < -0.3 is 14.7 Å². The number of hydrogen-bond acceptors (Lipinski definition) is 3. The largest absolute Gasteiger partial charge is 0.480 e. The number of carbonyl (C=O) groups is 2. The predicted molar refractivity (Wildman–Crippen MR) is 83.5 cm³/mol. The van der Waals surface area contributed by atoms with Gasteiger partial charge in [-0.2, -0.15) is 0 Å². The second-order valence-electron chi connectivity index (χ2n) is 5.94. The molecule has 1 aliphatic carbocycles. The average Bonchev–Trinajstić information content (AvgIpc) is 3.17. The van der Waals surface area contributed by atoms with E-state index in [1.54, 1.807) is 7.11 Å². The van der Waals surface area contributed by atoms with Crippen LogP contribution < -0.4 is 0 Å². The van der Waals surface area contributed by atoms with Gasteiger partial charge in [-0.3, -0.25) is 4.79 Å². The van der Waals surface area contributed by atoms with Crippen molar-refractivity contribution in [2.45, 2.75) is 30.9 Å². The molecular formula is C16H18BrNO4. The van der Waals surface area contributed by atoms with Crippen molar-refractivity contribution in [1.82, 2.24) is 4.90 Å². The van der Waals surface area contributed by atoms with Crippen molar-refractivity contribution in [1.29, 1.82) is 0 Å². The molecule has 0 aromatic heterocycles. The molecule has 1 aromatic rings. The van der Waals surface area contributed by atoms with Crippen LogP contribution in [-0.2, 0) is 14.3 Å². The monoisotopic (exact) mass is 367 g/mol. The van der Waals surface area contributed by atoms with Gasteiger partial charge in [0.05, 0.1) is 6.10 Å². The summed E-state index contributed by atoms with van der Waals surface area (Å²) in [6.07, 6.45) is 0.976.